The van der Waals surface area contributed by atoms with Crippen LogP contribution in [-0.2, 0) is 9.53 Å². The lowest BCUT2D eigenvalue weighted by Crippen LogP contribution is -2.29. The molecule has 0 spiro atoms. The van der Waals surface area contributed by atoms with Crippen LogP contribution in [0.5, 0.6) is 0 Å². The molecule has 96 valence electrons. The van der Waals surface area contributed by atoms with Gasteiger partial charge in [-0.3, -0.25) is 4.79 Å². The monoisotopic (exact) mass is 238 g/mol. The molecule has 0 aromatic heterocycles. The van der Waals surface area contributed by atoms with E-state index in [0.29, 0.717) is 6.42 Å². The first-order valence-corrected chi connectivity index (χ1v) is 6.61. The van der Waals surface area contributed by atoms with E-state index in [1.54, 1.807) is 0 Å². The van der Waals surface area contributed by atoms with Gasteiger partial charge in [0.25, 0.3) is 0 Å². The molecule has 2 rings (SSSR count). The molecule has 1 amide bonds. The third-order valence-corrected chi connectivity index (χ3v) is 3.36. The van der Waals surface area contributed by atoms with E-state index in [-0.39, 0.29) is 12.0 Å². The number of rotatable bonds is 5. The summed E-state index contributed by atoms with van der Waals surface area (Å²) in [4.78, 5) is 11.6. The Morgan fingerprint density at radius 2 is 2.53 bits per heavy atom. The predicted molar refractivity (Wildman–Crippen MR) is 66.8 cm³/mol. The van der Waals surface area contributed by atoms with Crippen molar-refractivity contribution in [1.82, 2.24) is 10.6 Å². The lowest BCUT2D eigenvalue weighted by Gasteiger charge is -2.14. The molecule has 2 heterocycles. The molecule has 2 aliphatic heterocycles. The van der Waals surface area contributed by atoms with E-state index in [2.05, 4.69) is 16.7 Å². The van der Waals surface area contributed by atoms with Gasteiger partial charge in [-0.05, 0) is 32.2 Å². The van der Waals surface area contributed by atoms with Gasteiger partial charge in [0.1, 0.15) is 0 Å². The molecule has 0 aliphatic carbocycles. The van der Waals surface area contributed by atoms with Crippen LogP contribution in [0.3, 0.4) is 0 Å². The molecule has 1 atom stereocenters. The Hall–Kier alpha value is -0.870. The lowest BCUT2D eigenvalue weighted by atomic mass is 10.1. The first kappa shape index (κ1) is 12.6. The zero-order valence-corrected chi connectivity index (χ0v) is 10.3. The van der Waals surface area contributed by atoms with Crippen molar-refractivity contribution in [2.45, 2.75) is 38.2 Å². The molecule has 0 saturated carbocycles. The summed E-state index contributed by atoms with van der Waals surface area (Å²) >= 11 is 0. The molecule has 4 nitrogen and oxygen atoms in total. The number of amides is 1. The van der Waals surface area contributed by atoms with Gasteiger partial charge in [0.2, 0.25) is 5.91 Å². The van der Waals surface area contributed by atoms with E-state index < -0.39 is 0 Å². The number of hydrogen-bond acceptors (Lipinski definition) is 3. The first-order chi connectivity index (χ1) is 8.34. The Kier molecular flexibility index (Phi) is 5.01. The van der Waals surface area contributed by atoms with Crippen molar-refractivity contribution >= 4 is 5.91 Å². The summed E-state index contributed by atoms with van der Waals surface area (Å²) in [6, 6.07) is 0. The van der Waals surface area contributed by atoms with Crippen LogP contribution in [0.2, 0.25) is 0 Å². The number of nitrogens with one attached hydrogen (secondary N) is 2. The summed E-state index contributed by atoms with van der Waals surface area (Å²) in [6.45, 7) is 3.62. The van der Waals surface area contributed by atoms with Crippen molar-refractivity contribution in [3.05, 3.63) is 11.6 Å². The average Bonchev–Trinajstić information content (AvgIpc) is 2.83. The van der Waals surface area contributed by atoms with Crippen LogP contribution in [0.1, 0.15) is 32.1 Å². The van der Waals surface area contributed by atoms with Crippen molar-refractivity contribution in [2.75, 3.05) is 26.2 Å². The zero-order valence-electron chi connectivity index (χ0n) is 10.3. The van der Waals surface area contributed by atoms with Crippen molar-refractivity contribution in [2.24, 2.45) is 0 Å². The topological polar surface area (TPSA) is 50.4 Å². The van der Waals surface area contributed by atoms with Gasteiger partial charge in [-0.25, -0.2) is 0 Å². The summed E-state index contributed by atoms with van der Waals surface area (Å²) in [5, 5.41) is 6.26. The molecule has 17 heavy (non-hydrogen) atoms. The third kappa shape index (κ3) is 4.48. The highest BCUT2D eigenvalue weighted by atomic mass is 16.5. The molecule has 1 fully saturated rings. The van der Waals surface area contributed by atoms with Gasteiger partial charge in [0, 0.05) is 19.7 Å². The van der Waals surface area contributed by atoms with E-state index in [4.69, 9.17) is 4.74 Å². The van der Waals surface area contributed by atoms with E-state index in [1.807, 2.05) is 0 Å². The van der Waals surface area contributed by atoms with Gasteiger partial charge in [-0.1, -0.05) is 11.6 Å². The zero-order chi connectivity index (χ0) is 11.9. The second-order valence-corrected chi connectivity index (χ2v) is 4.76. The summed E-state index contributed by atoms with van der Waals surface area (Å²) in [6.07, 6.45) is 7.15. The van der Waals surface area contributed by atoms with E-state index >= 15 is 0 Å². The van der Waals surface area contributed by atoms with Crippen LogP contribution in [0.4, 0.5) is 0 Å². The van der Waals surface area contributed by atoms with Crippen LogP contribution < -0.4 is 10.6 Å². The highest BCUT2D eigenvalue weighted by Crippen LogP contribution is 2.15. The van der Waals surface area contributed by atoms with Gasteiger partial charge < -0.3 is 15.4 Å². The first-order valence-electron chi connectivity index (χ1n) is 6.61. The number of carbonyl (C=O) groups is 1. The molecule has 1 unspecified atom stereocenters. The van der Waals surface area contributed by atoms with Gasteiger partial charge in [-0.15, -0.1) is 0 Å². The van der Waals surface area contributed by atoms with E-state index in [0.717, 1.165) is 51.9 Å². The van der Waals surface area contributed by atoms with Gasteiger partial charge in [0.05, 0.1) is 12.5 Å². The van der Waals surface area contributed by atoms with Gasteiger partial charge in [-0.2, -0.15) is 0 Å². The number of carbonyl (C=O) groups excluding carboxylic acids is 1. The highest BCUT2D eigenvalue weighted by Gasteiger charge is 2.18. The standard InChI is InChI=1S/C13H22N2O2/c16-13(10-12-2-1-9-17-12)15-8-5-11-3-6-14-7-4-11/h3,12,14H,1-2,4-10H2,(H,15,16). The van der Waals surface area contributed by atoms with E-state index in [9.17, 15) is 4.79 Å². The maximum atomic E-state index is 11.6. The number of hydrogen-bond donors (Lipinski definition) is 2. The Labute approximate surface area is 103 Å². The van der Waals surface area contributed by atoms with Gasteiger partial charge in [0.15, 0.2) is 0 Å². The second-order valence-electron chi connectivity index (χ2n) is 4.76. The maximum absolute atomic E-state index is 11.6. The fourth-order valence-corrected chi connectivity index (χ4v) is 2.34. The fraction of sp³-hybridized carbons (Fsp3) is 0.769. The Morgan fingerprint density at radius 3 is 3.24 bits per heavy atom. The van der Waals surface area contributed by atoms with Crippen molar-refractivity contribution in [1.29, 1.82) is 0 Å². The van der Waals surface area contributed by atoms with Crippen molar-refractivity contribution < 1.29 is 9.53 Å². The molecule has 0 radical (unpaired) electrons. The average molecular weight is 238 g/mol. The largest absolute Gasteiger partial charge is 0.378 e. The molecule has 0 aromatic carbocycles. The molecule has 1 saturated heterocycles. The Balaban J connectivity index is 1.57. The second kappa shape index (κ2) is 6.77. The van der Waals surface area contributed by atoms with Crippen molar-refractivity contribution in [3.63, 3.8) is 0 Å². The third-order valence-electron chi connectivity index (χ3n) is 3.36. The predicted octanol–water partition coefficient (Wildman–Crippen LogP) is 0.981. The quantitative estimate of drug-likeness (QED) is 0.702. The van der Waals surface area contributed by atoms with Gasteiger partial charge >= 0.3 is 0 Å². The van der Waals surface area contributed by atoms with Crippen LogP contribution in [0.15, 0.2) is 11.6 Å². The lowest BCUT2D eigenvalue weighted by molar-refractivity contribution is -0.123. The molecule has 2 aliphatic rings. The van der Waals surface area contributed by atoms with Crippen molar-refractivity contribution in [3.8, 4) is 0 Å². The summed E-state index contributed by atoms with van der Waals surface area (Å²) in [5.74, 6) is 0.131. The minimum absolute atomic E-state index is 0.131. The van der Waals surface area contributed by atoms with Crippen LogP contribution >= 0.6 is 0 Å². The summed E-state index contributed by atoms with van der Waals surface area (Å²) < 4.78 is 5.44. The molecule has 4 heteroatoms. The minimum atomic E-state index is 0.131. The molecule has 2 N–H and O–H groups in total. The minimum Gasteiger partial charge on any atom is -0.378 e. The Morgan fingerprint density at radius 1 is 1.59 bits per heavy atom. The van der Waals surface area contributed by atoms with Crippen LogP contribution in [0, 0.1) is 0 Å². The summed E-state index contributed by atoms with van der Waals surface area (Å²) in [7, 11) is 0. The smallest absolute Gasteiger partial charge is 0.222 e. The highest BCUT2D eigenvalue weighted by molar-refractivity contribution is 5.76. The molecule has 0 aromatic rings. The summed E-state index contributed by atoms with van der Waals surface area (Å²) in [5.41, 5.74) is 1.46. The SMILES string of the molecule is O=C(CC1CCCO1)NCCC1=CCNCC1. The molecule has 0 bridgehead atoms. The van der Waals surface area contributed by atoms with Crippen LogP contribution in [0.25, 0.3) is 0 Å². The molecular formula is C13H22N2O2. The van der Waals surface area contributed by atoms with Crippen LogP contribution in [-0.4, -0.2) is 38.3 Å². The van der Waals surface area contributed by atoms with E-state index in [1.165, 1.54) is 5.57 Å². The maximum Gasteiger partial charge on any atom is 0.222 e. The normalized spacial score (nSPS) is 24.5. The fourth-order valence-electron chi connectivity index (χ4n) is 2.34. The molecular weight excluding hydrogens is 216 g/mol. The Bertz CT molecular complexity index is 283. The number of ether oxygens (including phenoxy) is 1.